The fourth-order valence-electron chi connectivity index (χ4n) is 1.67. The Labute approximate surface area is 107 Å². The van der Waals surface area contributed by atoms with E-state index in [0.717, 1.165) is 25.1 Å². The van der Waals surface area contributed by atoms with Gasteiger partial charge in [-0.2, -0.15) is 0 Å². The van der Waals surface area contributed by atoms with Crippen LogP contribution in [0.25, 0.3) is 0 Å². The van der Waals surface area contributed by atoms with Gasteiger partial charge in [0.1, 0.15) is 5.82 Å². The van der Waals surface area contributed by atoms with Crippen molar-refractivity contribution < 1.29 is 9.13 Å². The highest BCUT2D eigenvalue weighted by atomic mass is 35.5. The van der Waals surface area contributed by atoms with Gasteiger partial charge in [0.05, 0.1) is 6.61 Å². The number of halogens is 2. The van der Waals surface area contributed by atoms with Crippen molar-refractivity contribution in [3.8, 4) is 0 Å². The fourth-order valence-corrected chi connectivity index (χ4v) is 1.86. The van der Waals surface area contributed by atoms with Crippen molar-refractivity contribution in [3.05, 3.63) is 34.6 Å². The summed E-state index contributed by atoms with van der Waals surface area (Å²) in [4.78, 5) is 0. The Hall–Kier alpha value is -0.640. The number of methoxy groups -OCH3 is 1. The first kappa shape index (κ1) is 14.4. The highest BCUT2D eigenvalue weighted by molar-refractivity contribution is 6.31. The minimum Gasteiger partial charge on any atom is -0.383 e. The van der Waals surface area contributed by atoms with Gasteiger partial charge < -0.3 is 10.1 Å². The average molecular weight is 260 g/mol. The molecule has 17 heavy (non-hydrogen) atoms. The minimum absolute atomic E-state index is 0.232. The van der Waals surface area contributed by atoms with Gasteiger partial charge in [-0.05, 0) is 42.6 Å². The van der Waals surface area contributed by atoms with Gasteiger partial charge in [-0.25, -0.2) is 4.39 Å². The van der Waals surface area contributed by atoms with E-state index in [2.05, 4.69) is 12.2 Å². The van der Waals surface area contributed by atoms with E-state index in [4.69, 9.17) is 16.3 Å². The predicted molar refractivity (Wildman–Crippen MR) is 69.0 cm³/mol. The van der Waals surface area contributed by atoms with E-state index in [1.54, 1.807) is 13.2 Å². The number of nitrogens with one attached hydrogen (secondary N) is 1. The summed E-state index contributed by atoms with van der Waals surface area (Å²) in [7, 11) is 1.68. The first-order chi connectivity index (χ1) is 8.13. The van der Waals surface area contributed by atoms with E-state index in [0.29, 0.717) is 17.5 Å². The van der Waals surface area contributed by atoms with E-state index >= 15 is 0 Å². The van der Waals surface area contributed by atoms with Gasteiger partial charge >= 0.3 is 0 Å². The van der Waals surface area contributed by atoms with Crippen molar-refractivity contribution in [2.45, 2.75) is 13.3 Å². The lowest BCUT2D eigenvalue weighted by Crippen LogP contribution is -2.25. The summed E-state index contributed by atoms with van der Waals surface area (Å²) in [6, 6.07) is 4.50. The summed E-state index contributed by atoms with van der Waals surface area (Å²) in [5, 5.41) is 3.91. The second kappa shape index (κ2) is 7.64. The quantitative estimate of drug-likeness (QED) is 0.761. The number of hydrogen-bond donors (Lipinski definition) is 1. The summed E-state index contributed by atoms with van der Waals surface area (Å²) < 4.78 is 18.0. The molecule has 0 aliphatic carbocycles. The van der Waals surface area contributed by atoms with Crippen LogP contribution in [0.1, 0.15) is 12.5 Å². The number of hydrogen-bond acceptors (Lipinski definition) is 2. The first-order valence-electron chi connectivity index (χ1n) is 5.77. The van der Waals surface area contributed by atoms with Crippen molar-refractivity contribution >= 4 is 11.6 Å². The summed E-state index contributed by atoms with van der Waals surface area (Å²) in [5.41, 5.74) is 0.868. The van der Waals surface area contributed by atoms with Crippen LogP contribution in [0.4, 0.5) is 4.39 Å². The average Bonchev–Trinajstić information content (AvgIpc) is 2.29. The molecule has 1 aromatic rings. The number of benzene rings is 1. The molecule has 1 aromatic carbocycles. The maximum atomic E-state index is 13.1. The van der Waals surface area contributed by atoms with Crippen molar-refractivity contribution in [3.63, 3.8) is 0 Å². The van der Waals surface area contributed by atoms with Crippen molar-refractivity contribution in [1.29, 1.82) is 0 Å². The van der Waals surface area contributed by atoms with Crippen LogP contribution >= 0.6 is 11.6 Å². The Morgan fingerprint density at radius 1 is 1.47 bits per heavy atom. The molecule has 0 saturated carbocycles. The lowest BCUT2D eigenvalue weighted by atomic mass is 10.0. The van der Waals surface area contributed by atoms with Crippen molar-refractivity contribution in [2.75, 3.05) is 26.8 Å². The fraction of sp³-hybridized carbons (Fsp3) is 0.538. The lowest BCUT2D eigenvalue weighted by molar-refractivity contribution is 0.198. The predicted octanol–water partition coefficient (Wildman–Crippen LogP) is 2.89. The molecule has 0 radical (unpaired) electrons. The third-order valence-corrected chi connectivity index (χ3v) is 2.92. The van der Waals surface area contributed by atoms with E-state index in [1.165, 1.54) is 12.1 Å². The Kier molecular flexibility index (Phi) is 6.48. The molecule has 1 atom stereocenters. The largest absolute Gasteiger partial charge is 0.383 e. The van der Waals surface area contributed by atoms with Crippen LogP contribution in [0.2, 0.25) is 5.02 Å². The van der Waals surface area contributed by atoms with Crippen molar-refractivity contribution in [1.82, 2.24) is 5.32 Å². The van der Waals surface area contributed by atoms with Crippen LogP contribution in [0.15, 0.2) is 18.2 Å². The molecule has 1 rings (SSSR count). The highest BCUT2D eigenvalue weighted by Crippen LogP contribution is 2.20. The zero-order valence-corrected chi connectivity index (χ0v) is 11.1. The summed E-state index contributed by atoms with van der Waals surface area (Å²) in [5.74, 6) is 0.176. The van der Waals surface area contributed by atoms with Crippen LogP contribution < -0.4 is 5.32 Å². The number of ether oxygens (including phenoxy) is 1. The molecule has 2 nitrogen and oxygen atoms in total. The second-order valence-corrected chi connectivity index (χ2v) is 4.65. The summed E-state index contributed by atoms with van der Waals surface area (Å²) >= 11 is 6.02. The maximum absolute atomic E-state index is 13.1. The molecular formula is C13H19ClFNO. The molecule has 96 valence electrons. The molecule has 1 N–H and O–H groups in total. The van der Waals surface area contributed by atoms with E-state index in [-0.39, 0.29) is 5.82 Å². The van der Waals surface area contributed by atoms with Gasteiger partial charge in [0, 0.05) is 18.7 Å². The third-order valence-electron chi connectivity index (χ3n) is 2.55. The van der Waals surface area contributed by atoms with Crippen molar-refractivity contribution in [2.24, 2.45) is 5.92 Å². The molecule has 0 spiro atoms. The molecule has 4 heteroatoms. The zero-order valence-electron chi connectivity index (χ0n) is 10.3. The first-order valence-corrected chi connectivity index (χ1v) is 6.15. The lowest BCUT2D eigenvalue weighted by Gasteiger charge is -2.13. The zero-order chi connectivity index (χ0) is 12.7. The van der Waals surface area contributed by atoms with E-state index in [9.17, 15) is 4.39 Å². The monoisotopic (exact) mass is 259 g/mol. The second-order valence-electron chi connectivity index (χ2n) is 4.24. The van der Waals surface area contributed by atoms with Gasteiger partial charge in [-0.3, -0.25) is 0 Å². The molecule has 0 amide bonds. The van der Waals surface area contributed by atoms with Crippen LogP contribution in [-0.4, -0.2) is 26.8 Å². The molecule has 0 saturated heterocycles. The SMILES string of the molecule is COCCNCC(C)Cc1cc(F)ccc1Cl. The highest BCUT2D eigenvalue weighted by Gasteiger charge is 2.07. The molecule has 0 aliphatic rings. The van der Waals surface area contributed by atoms with Gasteiger partial charge in [-0.15, -0.1) is 0 Å². The number of rotatable bonds is 7. The standard InChI is InChI=1S/C13H19ClFNO/c1-10(9-16-5-6-17-2)7-11-8-12(15)3-4-13(11)14/h3-4,8,10,16H,5-7,9H2,1-2H3. The van der Waals surface area contributed by atoms with E-state index < -0.39 is 0 Å². The molecule has 0 bridgehead atoms. The summed E-state index contributed by atoms with van der Waals surface area (Å²) in [6.07, 6.45) is 0.774. The van der Waals surface area contributed by atoms with Gasteiger partial charge in [-0.1, -0.05) is 18.5 Å². The Balaban J connectivity index is 2.39. The maximum Gasteiger partial charge on any atom is 0.123 e. The Morgan fingerprint density at radius 2 is 2.24 bits per heavy atom. The van der Waals surface area contributed by atoms with E-state index in [1.807, 2.05) is 0 Å². The molecule has 0 aromatic heterocycles. The van der Waals surface area contributed by atoms with Crippen LogP contribution in [-0.2, 0) is 11.2 Å². The molecular weight excluding hydrogens is 241 g/mol. The smallest absolute Gasteiger partial charge is 0.123 e. The normalized spacial score (nSPS) is 12.7. The molecule has 0 aliphatic heterocycles. The minimum atomic E-state index is -0.232. The Morgan fingerprint density at radius 3 is 2.94 bits per heavy atom. The van der Waals surface area contributed by atoms with Gasteiger partial charge in [0.25, 0.3) is 0 Å². The molecule has 0 fully saturated rings. The molecule has 0 heterocycles. The Bertz CT molecular complexity index is 346. The van der Waals surface area contributed by atoms with Gasteiger partial charge in [0.15, 0.2) is 0 Å². The van der Waals surface area contributed by atoms with Crippen LogP contribution in [0, 0.1) is 11.7 Å². The van der Waals surface area contributed by atoms with Crippen LogP contribution in [0.5, 0.6) is 0 Å². The summed E-state index contributed by atoms with van der Waals surface area (Å²) in [6.45, 7) is 4.52. The van der Waals surface area contributed by atoms with Crippen LogP contribution in [0.3, 0.4) is 0 Å². The third kappa shape index (κ3) is 5.48. The topological polar surface area (TPSA) is 21.3 Å². The molecule has 1 unspecified atom stereocenters. The van der Waals surface area contributed by atoms with Gasteiger partial charge in [0.2, 0.25) is 0 Å².